The minimum absolute atomic E-state index is 0.112. The Morgan fingerprint density at radius 2 is 1.81 bits per heavy atom. The number of fused-ring (bicyclic) bond motifs is 1. The van der Waals surface area contributed by atoms with Crippen LogP contribution in [0.4, 0.5) is 11.4 Å². The van der Waals surface area contributed by atoms with Crippen LogP contribution < -0.4 is 16.4 Å². The number of H-pyrrole nitrogens is 2. The van der Waals surface area contributed by atoms with Crippen molar-refractivity contribution in [3.63, 3.8) is 0 Å². The Bertz CT molecular complexity index is 1670. The van der Waals surface area contributed by atoms with Gasteiger partial charge in [-0.2, -0.15) is 0 Å². The molecule has 2 aromatic heterocycles. The number of para-hydroxylation sites is 1. The van der Waals surface area contributed by atoms with E-state index in [9.17, 15) is 14.4 Å². The molecule has 11 heteroatoms. The molecule has 4 N–H and O–H groups in total. The van der Waals surface area contributed by atoms with Crippen LogP contribution in [0.3, 0.4) is 0 Å². The van der Waals surface area contributed by atoms with Gasteiger partial charge in [0.2, 0.25) is 5.91 Å². The first-order chi connectivity index (χ1) is 17.4. The Hall–Kier alpha value is -4.15. The van der Waals surface area contributed by atoms with E-state index in [4.69, 9.17) is 11.6 Å². The normalized spacial score (nSPS) is 10.9. The lowest BCUT2D eigenvalue weighted by molar-refractivity contribution is -0.115. The molecule has 0 fully saturated rings. The third kappa shape index (κ3) is 4.95. The molecule has 9 nitrogen and oxygen atoms in total. The van der Waals surface area contributed by atoms with Crippen LogP contribution in [0.2, 0.25) is 5.02 Å². The fourth-order valence-electron chi connectivity index (χ4n) is 3.75. The second kappa shape index (κ2) is 9.84. The van der Waals surface area contributed by atoms with Crippen molar-refractivity contribution in [1.29, 1.82) is 0 Å². The number of amides is 2. The Labute approximate surface area is 217 Å². The largest absolute Gasteiger partial charge is 0.439 e. The summed E-state index contributed by atoms with van der Waals surface area (Å²) in [6.07, 6.45) is 0.112. The number of carbonyl (C=O) groups is 2. The van der Waals surface area contributed by atoms with E-state index in [0.717, 1.165) is 9.86 Å². The van der Waals surface area contributed by atoms with E-state index in [0.29, 0.717) is 33.0 Å². The molecule has 0 unspecified atom stereocenters. The molecule has 0 aliphatic rings. The summed E-state index contributed by atoms with van der Waals surface area (Å²) in [5, 5.41) is 10.7. The molecule has 0 spiro atoms. The van der Waals surface area contributed by atoms with Crippen LogP contribution in [-0.2, 0) is 11.2 Å². The molecule has 0 saturated heterocycles. The zero-order valence-corrected chi connectivity index (χ0v) is 20.7. The molecule has 180 valence electrons. The van der Waals surface area contributed by atoms with Crippen LogP contribution in [0.1, 0.15) is 16.1 Å². The van der Waals surface area contributed by atoms with E-state index >= 15 is 0 Å². The first-order valence-electron chi connectivity index (χ1n) is 10.7. The van der Waals surface area contributed by atoms with Crippen molar-refractivity contribution in [3.05, 3.63) is 98.0 Å². The molecular formula is C25H17BrClN5O4. The first-order valence-corrected chi connectivity index (χ1v) is 11.9. The summed E-state index contributed by atoms with van der Waals surface area (Å²) in [6.45, 7) is 0. The molecule has 0 saturated carbocycles. The lowest BCUT2D eigenvalue weighted by Crippen LogP contribution is -2.15. The lowest BCUT2D eigenvalue weighted by atomic mass is 10.1. The number of hydrogen-bond donors (Lipinski definition) is 4. The molecule has 36 heavy (non-hydrogen) atoms. The van der Waals surface area contributed by atoms with Crippen LogP contribution in [0.15, 0.2) is 80.5 Å². The molecule has 3 aromatic carbocycles. The number of aromatic amines is 2. The maximum absolute atomic E-state index is 13.1. The maximum Gasteiger partial charge on any atom is 0.439 e. The van der Waals surface area contributed by atoms with Gasteiger partial charge in [0.1, 0.15) is 5.69 Å². The molecule has 0 atom stereocenters. The molecule has 0 bridgehead atoms. The summed E-state index contributed by atoms with van der Waals surface area (Å²) in [5.41, 5.74) is 3.02. The predicted molar refractivity (Wildman–Crippen MR) is 140 cm³/mol. The van der Waals surface area contributed by atoms with Crippen LogP contribution in [-0.4, -0.2) is 26.9 Å². The van der Waals surface area contributed by atoms with E-state index in [-0.39, 0.29) is 23.8 Å². The molecule has 5 rings (SSSR count). The fraction of sp³-hybridized carbons (Fsp3) is 0.0400. The van der Waals surface area contributed by atoms with Gasteiger partial charge in [-0.25, -0.2) is 4.79 Å². The summed E-state index contributed by atoms with van der Waals surface area (Å²) in [7, 11) is 0. The fourth-order valence-corrected chi connectivity index (χ4v) is 4.31. The Kier molecular flexibility index (Phi) is 6.45. The predicted octanol–water partition coefficient (Wildman–Crippen LogP) is 5.36. The van der Waals surface area contributed by atoms with Gasteiger partial charge >= 0.3 is 5.76 Å². The second-order valence-corrected chi connectivity index (χ2v) is 9.18. The molecule has 0 aliphatic heterocycles. The summed E-state index contributed by atoms with van der Waals surface area (Å²) >= 11 is 9.55. The highest BCUT2D eigenvalue weighted by Crippen LogP contribution is 2.30. The standard InChI is InChI=1S/C25H17BrClN5O4/c26-15-8-9-18(16(12-15)23-31-25(35)36-32-23)30-24(34)20-10-14-5-3-7-19(22(14)29-20)28-21(33)11-13-4-1-2-6-17(13)27/h1-10,12,29H,11H2,(H,28,33)(H,30,34)(H,31,32,35). The van der Waals surface area contributed by atoms with Crippen LogP contribution in [0.25, 0.3) is 22.3 Å². The molecule has 2 heterocycles. The van der Waals surface area contributed by atoms with Crippen molar-refractivity contribution in [2.24, 2.45) is 0 Å². The molecule has 0 radical (unpaired) electrons. The third-order valence-electron chi connectivity index (χ3n) is 5.41. The average Bonchev–Trinajstić information content (AvgIpc) is 3.49. The van der Waals surface area contributed by atoms with Crippen molar-refractivity contribution >= 4 is 61.6 Å². The SMILES string of the molecule is O=C(Cc1ccccc1Cl)Nc1cccc2cc(C(=O)Nc3ccc(Br)cc3-c3noc(=O)[nH]3)[nH]c12. The molecule has 0 aliphatic carbocycles. The van der Waals surface area contributed by atoms with Gasteiger partial charge < -0.3 is 15.6 Å². The van der Waals surface area contributed by atoms with Crippen LogP contribution in [0, 0.1) is 0 Å². The number of carbonyl (C=O) groups excluding carboxylic acids is 2. The Balaban J connectivity index is 1.39. The van der Waals surface area contributed by atoms with Gasteiger partial charge in [0.15, 0.2) is 5.82 Å². The molecular weight excluding hydrogens is 550 g/mol. The summed E-state index contributed by atoms with van der Waals surface area (Å²) in [5.74, 6) is -1.19. The Morgan fingerprint density at radius 3 is 2.58 bits per heavy atom. The number of hydrogen-bond acceptors (Lipinski definition) is 5. The number of halogens is 2. The molecule has 5 aromatic rings. The summed E-state index contributed by atoms with van der Waals surface area (Å²) in [4.78, 5) is 42.7. The van der Waals surface area contributed by atoms with E-state index in [1.807, 2.05) is 12.1 Å². The minimum Gasteiger partial charge on any atom is -0.349 e. The van der Waals surface area contributed by atoms with Gasteiger partial charge in [0, 0.05) is 20.4 Å². The average molecular weight is 567 g/mol. The number of nitrogens with one attached hydrogen (secondary N) is 4. The van der Waals surface area contributed by atoms with E-state index in [1.54, 1.807) is 54.6 Å². The van der Waals surface area contributed by atoms with E-state index < -0.39 is 11.7 Å². The topological polar surface area (TPSA) is 133 Å². The number of nitrogens with zero attached hydrogens (tertiary/aromatic N) is 1. The Morgan fingerprint density at radius 1 is 0.972 bits per heavy atom. The maximum atomic E-state index is 13.1. The highest BCUT2D eigenvalue weighted by molar-refractivity contribution is 9.10. The van der Waals surface area contributed by atoms with Gasteiger partial charge in [-0.15, -0.1) is 0 Å². The number of rotatable bonds is 6. The third-order valence-corrected chi connectivity index (χ3v) is 6.27. The van der Waals surface area contributed by atoms with Crippen molar-refractivity contribution in [3.8, 4) is 11.4 Å². The van der Waals surface area contributed by atoms with Crippen LogP contribution >= 0.6 is 27.5 Å². The minimum atomic E-state index is -0.706. The van der Waals surface area contributed by atoms with Crippen molar-refractivity contribution in [2.75, 3.05) is 10.6 Å². The van der Waals surface area contributed by atoms with Gasteiger partial charge in [-0.05, 0) is 42.0 Å². The van der Waals surface area contributed by atoms with Crippen LogP contribution in [0.5, 0.6) is 0 Å². The number of anilines is 2. The number of aromatic nitrogens is 3. The second-order valence-electron chi connectivity index (χ2n) is 7.86. The zero-order valence-electron chi connectivity index (χ0n) is 18.4. The summed E-state index contributed by atoms with van der Waals surface area (Å²) < 4.78 is 5.32. The highest BCUT2D eigenvalue weighted by Gasteiger charge is 2.17. The highest BCUT2D eigenvalue weighted by atomic mass is 79.9. The smallest absolute Gasteiger partial charge is 0.349 e. The van der Waals surface area contributed by atoms with Crippen molar-refractivity contribution < 1.29 is 14.1 Å². The van der Waals surface area contributed by atoms with Gasteiger partial charge in [0.05, 0.1) is 23.3 Å². The zero-order chi connectivity index (χ0) is 25.2. The van der Waals surface area contributed by atoms with Crippen molar-refractivity contribution in [1.82, 2.24) is 15.1 Å². The lowest BCUT2D eigenvalue weighted by Gasteiger charge is -2.09. The van der Waals surface area contributed by atoms with Crippen molar-refractivity contribution in [2.45, 2.75) is 6.42 Å². The number of benzene rings is 3. The quantitative estimate of drug-likeness (QED) is 0.220. The first kappa shape index (κ1) is 23.6. The van der Waals surface area contributed by atoms with Gasteiger partial charge in [0.25, 0.3) is 5.91 Å². The van der Waals surface area contributed by atoms with Gasteiger partial charge in [-0.1, -0.05) is 63.0 Å². The molecule has 2 amide bonds. The van der Waals surface area contributed by atoms with Gasteiger partial charge in [-0.3, -0.25) is 19.1 Å². The summed E-state index contributed by atoms with van der Waals surface area (Å²) in [6, 6.07) is 19.3. The van der Waals surface area contributed by atoms with E-state index in [2.05, 4.69) is 46.2 Å². The van der Waals surface area contributed by atoms with E-state index in [1.165, 1.54) is 0 Å². The monoisotopic (exact) mass is 565 g/mol.